The summed E-state index contributed by atoms with van der Waals surface area (Å²) in [5, 5.41) is 3.32. The van der Waals surface area contributed by atoms with E-state index in [4.69, 9.17) is 11.6 Å². The van der Waals surface area contributed by atoms with Gasteiger partial charge in [0.05, 0.1) is 10.6 Å². The van der Waals surface area contributed by atoms with Crippen molar-refractivity contribution in [1.82, 2.24) is 5.32 Å². The average Bonchev–Trinajstić information content (AvgIpc) is 2.73. The van der Waals surface area contributed by atoms with Gasteiger partial charge in [-0.1, -0.05) is 59.6 Å². The molecule has 3 rings (SSSR count). The van der Waals surface area contributed by atoms with Gasteiger partial charge in [-0.2, -0.15) is 0 Å². The zero-order valence-corrected chi connectivity index (χ0v) is 19.1. The third-order valence-electron chi connectivity index (χ3n) is 4.90. The van der Waals surface area contributed by atoms with Crippen LogP contribution in [0.25, 0.3) is 0 Å². The minimum absolute atomic E-state index is 0.129. The van der Waals surface area contributed by atoms with Crippen LogP contribution < -0.4 is 9.62 Å². The van der Waals surface area contributed by atoms with Gasteiger partial charge in [0.1, 0.15) is 6.54 Å². The second-order valence-electron chi connectivity index (χ2n) is 7.34. The molecule has 0 saturated carbocycles. The molecular weight excluding hydrogens is 432 g/mol. The molecule has 0 saturated heterocycles. The average molecular weight is 457 g/mol. The number of hydrogen-bond acceptors (Lipinski definition) is 3. The molecular formula is C24H25ClN2O3S. The number of carbonyl (C=O) groups is 1. The number of anilines is 1. The fourth-order valence-electron chi connectivity index (χ4n) is 3.21. The van der Waals surface area contributed by atoms with Crippen LogP contribution >= 0.6 is 11.6 Å². The first kappa shape index (κ1) is 22.8. The summed E-state index contributed by atoms with van der Waals surface area (Å²) in [5.74, 6) is -0.374. The Hall–Kier alpha value is -2.83. The van der Waals surface area contributed by atoms with Gasteiger partial charge in [-0.25, -0.2) is 8.42 Å². The van der Waals surface area contributed by atoms with E-state index in [1.165, 1.54) is 0 Å². The van der Waals surface area contributed by atoms with Gasteiger partial charge in [0, 0.05) is 11.6 Å². The molecule has 0 aromatic heterocycles. The first-order valence-corrected chi connectivity index (χ1v) is 11.8. The molecule has 0 unspecified atom stereocenters. The van der Waals surface area contributed by atoms with E-state index in [1.807, 2.05) is 37.3 Å². The van der Waals surface area contributed by atoms with Crippen LogP contribution in [0.1, 0.15) is 16.7 Å². The van der Waals surface area contributed by atoms with Crippen LogP contribution in [0.5, 0.6) is 0 Å². The number of carbonyl (C=O) groups excluding carboxylic acids is 1. The highest BCUT2D eigenvalue weighted by Crippen LogP contribution is 2.29. The second kappa shape index (κ2) is 9.98. The maximum absolute atomic E-state index is 13.4. The SMILES string of the molecule is Cc1ccc(S(=O)(=O)N(CC(=O)NCCc2ccccc2)c2ccc(Cl)cc2C)cc1. The predicted molar refractivity (Wildman–Crippen MR) is 125 cm³/mol. The first-order valence-electron chi connectivity index (χ1n) is 9.93. The molecule has 1 N–H and O–H groups in total. The van der Waals surface area contributed by atoms with Crippen molar-refractivity contribution in [1.29, 1.82) is 0 Å². The third-order valence-corrected chi connectivity index (χ3v) is 6.91. The first-order chi connectivity index (χ1) is 14.8. The predicted octanol–water partition coefficient (Wildman–Crippen LogP) is 4.51. The number of nitrogens with one attached hydrogen (secondary N) is 1. The summed E-state index contributed by atoms with van der Waals surface area (Å²) < 4.78 is 28.0. The molecule has 3 aromatic carbocycles. The minimum Gasteiger partial charge on any atom is -0.354 e. The van der Waals surface area contributed by atoms with Gasteiger partial charge in [-0.05, 0) is 61.7 Å². The molecule has 0 atom stereocenters. The summed E-state index contributed by atoms with van der Waals surface area (Å²) in [7, 11) is -3.95. The Labute approximate surface area is 188 Å². The van der Waals surface area contributed by atoms with Crippen molar-refractivity contribution in [3.05, 3.63) is 94.5 Å². The zero-order valence-electron chi connectivity index (χ0n) is 17.5. The molecule has 1 amide bonds. The molecule has 0 aliphatic heterocycles. The van der Waals surface area contributed by atoms with E-state index < -0.39 is 10.0 Å². The summed E-state index contributed by atoms with van der Waals surface area (Å²) in [5.41, 5.74) is 3.13. The summed E-state index contributed by atoms with van der Waals surface area (Å²) in [4.78, 5) is 12.8. The molecule has 5 nitrogen and oxygen atoms in total. The van der Waals surface area contributed by atoms with E-state index in [-0.39, 0.29) is 17.3 Å². The highest BCUT2D eigenvalue weighted by atomic mass is 35.5. The van der Waals surface area contributed by atoms with Crippen LogP contribution in [0, 0.1) is 13.8 Å². The molecule has 7 heteroatoms. The summed E-state index contributed by atoms with van der Waals surface area (Å²) in [6.45, 7) is 3.75. The van der Waals surface area contributed by atoms with Crippen molar-refractivity contribution in [3.8, 4) is 0 Å². The lowest BCUT2D eigenvalue weighted by Crippen LogP contribution is -2.41. The molecule has 0 aliphatic carbocycles. The number of halogens is 1. The number of hydrogen-bond donors (Lipinski definition) is 1. The number of rotatable bonds is 8. The molecule has 0 bridgehead atoms. The van der Waals surface area contributed by atoms with E-state index >= 15 is 0 Å². The van der Waals surface area contributed by atoms with Crippen LogP contribution in [0.15, 0.2) is 77.7 Å². The molecule has 0 spiro atoms. The fourth-order valence-corrected chi connectivity index (χ4v) is 4.93. The highest BCUT2D eigenvalue weighted by molar-refractivity contribution is 7.92. The van der Waals surface area contributed by atoms with Crippen molar-refractivity contribution in [2.45, 2.75) is 25.2 Å². The van der Waals surface area contributed by atoms with Crippen LogP contribution in [0.4, 0.5) is 5.69 Å². The van der Waals surface area contributed by atoms with Crippen LogP contribution in [-0.4, -0.2) is 27.4 Å². The molecule has 0 aliphatic rings. The third kappa shape index (κ3) is 5.87. The Morgan fingerprint density at radius 3 is 2.29 bits per heavy atom. The van der Waals surface area contributed by atoms with Crippen LogP contribution in [-0.2, 0) is 21.2 Å². The highest BCUT2D eigenvalue weighted by Gasteiger charge is 2.28. The maximum atomic E-state index is 13.4. The Balaban J connectivity index is 1.83. The Morgan fingerprint density at radius 1 is 0.968 bits per heavy atom. The summed E-state index contributed by atoms with van der Waals surface area (Å²) in [6, 6.07) is 21.3. The van der Waals surface area contributed by atoms with Crippen LogP contribution in [0.3, 0.4) is 0 Å². The Kier molecular flexibility index (Phi) is 7.36. The quantitative estimate of drug-likeness (QED) is 0.542. The summed E-state index contributed by atoms with van der Waals surface area (Å²) >= 11 is 6.06. The lowest BCUT2D eigenvalue weighted by molar-refractivity contribution is -0.119. The molecule has 31 heavy (non-hydrogen) atoms. The standard InChI is InChI=1S/C24H25ClN2O3S/c1-18-8-11-22(12-9-18)31(29,30)27(23-13-10-21(25)16-19(23)2)17-24(28)26-15-14-20-6-4-3-5-7-20/h3-13,16H,14-15,17H2,1-2H3,(H,26,28). The van der Waals surface area contributed by atoms with Gasteiger partial charge in [-0.15, -0.1) is 0 Å². The van der Waals surface area contributed by atoms with E-state index in [0.717, 1.165) is 15.4 Å². The van der Waals surface area contributed by atoms with Gasteiger partial charge in [-0.3, -0.25) is 9.10 Å². The van der Waals surface area contributed by atoms with Crippen molar-refractivity contribution >= 4 is 33.2 Å². The number of benzene rings is 3. The maximum Gasteiger partial charge on any atom is 0.264 e. The molecule has 162 valence electrons. The Bertz CT molecular complexity index is 1150. The largest absolute Gasteiger partial charge is 0.354 e. The Morgan fingerprint density at radius 2 is 1.65 bits per heavy atom. The molecule has 0 fully saturated rings. The monoisotopic (exact) mass is 456 g/mol. The van der Waals surface area contributed by atoms with Crippen molar-refractivity contribution in [2.24, 2.45) is 0 Å². The number of nitrogens with zero attached hydrogens (tertiary/aromatic N) is 1. The second-order valence-corrected chi connectivity index (χ2v) is 9.64. The van der Waals surface area contributed by atoms with Gasteiger partial charge in [0.2, 0.25) is 5.91 Å². The molecule has 0 radical (unpaired) electrons. The van der Waals surface area contributed by atoms with E-state index in [2.05, 4.69) is 5.32 Å². The fraction of sp³-hybridized carbons (Fsp3) is 0.208. The zero-order chi connectivity index (χ0) is 22.4. The van der Waals surface area contributed by atoms with Gasteiger partial charge in [0.15, 0.2) is 0 Å². The van der Waals surface area contributed by atoms with Crippen molar-refractivity contribution in [3.63, 3.8) is 0 Å². The van der Waals surface area contributed by atoms with E-state index in [1.54, 1.807) is 49.4 Å². The van der Waals surface area contributed by atoms with Crippen molar-refractivity contribution in [2.75, 3.05) is 17.4 Å². The smallest absolute Gasteiger partial charge is 0.264 e. The number of aryl methyl sites for hydroxylation is 2. The topological polar surface area (TPSA) is 66.5 Å². The lowest BCUT2D eigenvalue weighted by atomic mass is 10.1. The minimum atomic E-state index is -3.95. The molecule has 3 aromatic rings. The van der Waals surface area contributed by atoms with Gasteiger partial charge < -0.3 is 5.32 Å². The molecule has 0 heterocycles. The normalized spacial score (nSPS) is 11.2. The van der Waals surface area contributed by atoms with E-state index in [0.29, 0.717) is 29.2 Å². The van der Waals surface area contributed by atoms with E-state index in [9.17, 15) is 13.2 Å². The lowest BCUT2D eigenvalue weighted by Gasteiger charge is -2.26. The van der Waals surface area contributed by atoms with Gasteiger partial charge >= 0.3 is 0 Å². The van der Waals surface area contributed by atoms with Gasteiger partial charge in [0.25, 0.3) is 10.0 Å². The number of sulfonamides is 1. The summed E-state index contributed by atoms with van der Waals surface area (Å²) in [6.07, 6.45) is 0.664. The van der Waals surface area contributed by atoms with Crippen molar-refractivity contribution < 1.29 is 13.2 Å². The van der Waals surface area contributed by atoms with Crippen LogP contribution in [0.2, 0.25) is 5.02 Å². The number of amides is 1.